The van der Waals surface area contributed by atoms with Crippen LogP contribution in [0.3, 0.4) is 0 Å². The van der Waals surface area contributed by atoms with Crippen LogP contribution in [0.1, 0.15) is 26.7 Å². The van der Waals surface area contributed by atoms with E-state index < -0.39 is 6.17 Å². The lowest BCUT2D eigenvalue weighted by Crippen LogP contribution is -2.34. The normalized spacial score (nSPS) is 17.6. The van der Waals surface area contributed by atoms with Gasteiger partial charge in [0.05, 0.1) is 13.7 Å². The molecule has 1 rings (SSSR count). The van der Waals surface area contributed by atoms with Crippen molar-refractivity contribution in [2.24, 2.45) is 10.9 Å². The van der Waals surface area contributed by atoms with E-state index >= 15 is 0 Å². The molecule has 2 unspecified atom stereocenters. The molecule has 5 heteroatoms. The van der Waals surface area contributed by atoms with Crippen LogP contribution < -0.4 is 0 Å². The van der Waals surface area contributed by atoms with Crippen molar-refractivity contribution >= 4 is 5.84 Å². The number of nitrogens with zero attached hydrogens (tertiary/aromatic N) is 2. The summed E-state index contributed by atoms with van der Waals surface area (Å²) < 4.78 is 24.7. The van der Waals surface area contributed by atoms with Gasteiger partial charge in [0.15, 0.2) is 6.17 Å². The van der Waals surface area contributed by atoms with Crippen molar-refractivity contribution in [2.45, 2.75) is 32.9 Å². The van der Waals surface area contributed by atoms with Crippen molar-refractivity contribution in [3.63, 3.8) is 0 Å². The highest BCUT2D eigenvalue weighted by Crippen LogP contribution is 2.26. The first-order chi connectivity index (χ1) is 11.6. The van der Waals surface area contributed by atoms with Gasteiger partial charge < -0.3 is 14.4 Å². The fraction of sp³-hybridized carbons (Fsp3) is 0.632. The van der Waals surface area contributed by atoms with Crippen LogP contribution in [0.25, 0.3) is 0 Å². The molecule has 0 radical (unpaired) electrons. The first-order valence-corrected chi connectivity index (χ1v) is 8.56. The number of allylic oxidation sites excluding steroid dienone is 3. The van der Waals surface area contributed by atoms with E-state index in [0.29, 0.717) is 18.8 Å². The number of halogens is 1. The molecule has 4 nitrogen and oxygen atoms in total. The number of alkyl halides is 1. The number of aliphatic imine (C=N–C) groups is 1. The molecule has 0 aromatic heterocycles. The third kappa shape index (κ3) is 6.11. The number of likely N-dealkylation sites (N-methyl/N-ethyl adjacent to an activating group) is 1. The van der Waals surface area contributed by atoms with Gasteiger partial charge in [-0.05, 0) is 37.8 Å². The molecule has 1 heterocycles. The Morgan fingerprint density at radius 3 is 2.83 bits per heavy atom. The Kier molecular flexibility index (Phi) is 9.38. The van der Waals surface area contributed by atoms with Gasteiger partial charge >= 0.3 is 0 Å². The van der Waals surface area contributed by atoms with Crippen LogP contribution in [0.2, 0.25) is 0 Å². The minimum absolute atomic E-state index is 0.134. The predicted octanol–water partition coefficient (Wildman–Crippen LogP) is 3.76. The van der Waals surface area contributed by atoms with Crippen molar-refractivity contribution in [3.05, 3.63) is 36.1 Å². The lowest BCUT2D eigenvalue weighted by molar-refractivity contribution is 0.177. The Hall–Kier alpha value is -1.62. The van der Waals surface area contributed by atoms with Gasteiger partial charge in [0.2, 0.25) is 0 Å². The highest BCUT2D eigenvalue weighted by Gasteiger charge is 2.22. The van der Waals surface area contributed by atoms with Gasteiger partial charge in [-0.3, -0.25) is 4.99 Å². The summed E-state index contributed by atoms with van der Waals surface area (Å²) in [6.07, 6.45) is 5.41. The topological polar surface area (TPSA) is 34.1 Å². The second kappa shape index (κ2) is 11.0. The average molecular weight is 338 g/mol. The average Bonchev–Trinajstić information content (AvgIpc) is 2.60. The number of dihydropyridines is 1. The standard InChI is InChI=1S/C19H31FN2O2/c1-6-8-18(24-5)17(20)13-15(3)16-9-10-21-19(14-16)22(7-2)11-12-23-4/h6,8,14-15,17H,1,7,9-13H2,2-5H3/b18-8+. The Labute approximate surface area is 145 Å². The van der Waals surface area contributed by atoms with E-state index in [1.165, 1.54) is 12.7 Å². The molecule has 0 fully saturated rings. The highest BCUT2D eigenvalue weighted by molar-refractivity contribution is 5.94. The van der Waals surface area contributed by atoms with Crippen LogP contribution in [0.15, 0.2) is 41.1 Å². The maximum atomic E-state index is 14.4. The van der Waals surface area contributed by atoms with Crippen molar-refractivity contribution in [2.75, 3.05) is 40.5 Å². The smallest absolute Gasteiger partial charge is 0.157 e. The molecule has 0 saturated heterocycles. The molecule has 24 heavy (non-hydrogen) atoms. The fourth-order valence-corrected chi connectivity index (χ4v) is 2.79. The summed E-state index contributed by atoms with van der Waals surface area (Å²) in [5, 5.41) is 0. The monoisotopic (exact) mass is 338 g/mol. The van der Waals surface area contributed by atoms with E-state index in [2.05, 4.69) is 36.4 Å². The molecule has 1 aliphatic rings. The van der Waals surface area contributed by atoms with Crippen LogP contribution in [0, 0.1) is 5.92 Å². The van der Waals surface area contributed by atoms with Crippen LogP contribution in [-0.2, 0) is 9.47 Å². The number of methoxy groups -OCH3 is 2. The first kappa shape index (κ1) is 20.4. The molecular weight excluding hydrogens is 307 g/mol. The zero-order valence-electron chi connectivity index (χ0n) is 15.4. The second-order valence-corrected chi connectivity index (χ2v) is 5.89. The van der Waals surface area contributed by atoms with E-state index in [1.54, 1.807) is 19.3 Å². The van der Waals surface area contributed by atoms with E-state index in [9.17, 15) is 4.39 Å². The first-order valence-electron chi connectivity index (χ1n) is 8.56. The van der Waals surface area contributed by atoms with Gasteiger partial charge in [0, 0.05) is 26.7 Å². The number of ether oxygens (including phenoxy) is 2. The molecule has 0 N–H and O–H groups in total. The van der Waals surface area contributed by atoms with Gasteiger partial charge in [-0.25, -0.2) is 4.39 Å². The Morgan fingerprint density at radius 1 is 1.50 bits per heavy atom. The summed E-state index contributed by atoms with van der Waals surface area (Å²) in [5.41, 5.74) is 1.24. The highest BCUT2D eigenvalue weighted by atomic mass is 19.1. The van der Waals surface area contributed by atoms with E-state index in [0.717, 1.165) is 31.9 Å². The summed E-state index contributed by atoms with van der Waals surface area (Å²) in [6, 6.07) is 0. The minimum atomic E-state index is -1.12. The summed E-state index contributed by atoms with van der Waals surface area (Å²) >= 11 is 0. The molecular formula is C19H31FN2O2. The third-order valence-electron chi connectivity index (χ3n) is 4.28. The van der Waals surface area contributed by atoms with Gasteiger partial charge in [0.1, 0.15) is 11.6 Å². The van der Waals surface area contributed by atoms with E-state index in [-0.39, 0.29) is 5.92 Å². The van der Waals surface area contributed by atoms with Crippen molar-refractivity contribution in [3.8, 4) is 0 Å². The van der Waals surface area contributed by atoms with Crippen LogP contribution in [0.4, 0.5) is 4.39 Å². The molecule has 0 aliphatic carbocycles. The Bertz CT molecular complexity index is 486. The number of hydrogen-bond acceptors (Lipinski definition) is 4. The van der Waals surface area contributed by atoms with E-state index in [1.807, 2.05) is 0 Å². The maximum Gasteiger partial charge on any atom is 0.157 e. The van der Waals surface area contributed by atoms with Crippen molar-refractivity contribution in [1.29, 1.82) is 0 Å². The predicted molar refractivity (Wildman–Crippen MR) is 98.1 cm³/mol. The molecule has 0 spiro atoms. The molecule has 0 amide bonds. The molecule has 2 atom stereocenters. The fourth-order valence-electron chi connectivity index (χ4n) is 2.79. The zero-order chi connectivity index (χ0) is 17.9. The Morgan fingerprint density at radius 2 is 2.25 bits per heavy atom. The SMILES string of the molecule is C=C/C=C(/OC)C(F)CC(C)C1=CC(N(CC)CCOC)=NCC1. The van der Waals surface area contributed by atoms with E-state index in [4.69, 9.17) is 9.47 Å². The van der Waals surface area contributed by atoms with Crippen LogP contribution in [0.5, 0.6) is 0 Å². The Balaban J connectivity index is 2.76. The number of rotatable bonds is 10. The molecule has 0 aromatic carbocycles. The number of amidine groups is 1. The quantitative estimate of drug-likeness (QED) is 0.449. The lowest BCUT2D eigenvalue weighted by atomic mass is 9.90. The van der Waals surface area contributed by atoms with Crippen molar-refractivity contribution in [1.82, 2.24) is 4.90 Å². The van der Waals surface area contributed by atoms with Crippen LogP contribution >= 0.6 is 0 Å². The zero-order valence-corrected chi connectivity index (χ0v) is 15.4. The molecule has 0 bridgehead atoms. The maximum absolute atomic E-state index is 14.4. The molecule has 0 aromatic rings. The van der Waals surface area contributed by atoms with Gasteiger partial charge in [-0.2, -0.15) is 0 Å². The number of hydrogen-bond donors (Lipinski definition) is 0. The minimum Gasteiger partial charge on any atom is -0.498 e. The van der Waals surface area contributed by atoms with Gasteiger partial charge in [-0.15, -0.1) is 0 Å². The summed E-state index contributed by atoms with van der Waals surface area (Å²) in [7, 11) is 3.19. The van der Waals surface area contributed by atoms with Gasteiger partial charge in [0.25, 0.3) is 0 Å². The lowest BCUT2D eigenvalue weighted by Gasteiger charge is -2.27. The molecule has 1 aliphatic heterocycles. The van der Waals surface area contributed by atoms with Crippen molar-refractivity contribution < 1.29 is 13.9 Å². The summed E-state index contributed by atoms with van der Waals surface area (Å²) in [6.45, 7) is 10.9. The largest absolute Gasteiger partial charge is 0.498 e. The second-order valence-electron chi connectivity index (χ2n) is 5.89. The third-order valence-corrected chi connectivity index (χ3v) is 4.28. The summed E-state index contributed by atoms with van der Waals surface area (Å²) in [4.78, 5) is 6.81. The van der Waals surface area contributed by atoms with Gasteiger partial charge in [-0.1, -0.05) is 25.2 Å². The molecule has 136 valence electrons. The van der Waals surface area contributed by atoms with Crippen LogP contribution in [-0.4, -0.2) is 57.4 Å². The summed E-state index contributed by atoms with van der Waals surface area (Å²) in [5.74, 6) is 1.44. The molecule has 0 saturated carbocycles.